The third kappa shape index (κ3) is 5.21. The lowest BCUT2D eigenvalue weighted by Gasteiger charge is -2.32. The zero-order valence-electron chi connectivity index (χ0n) is 14.3. The van der Waals surface area contributed by atoms with Gasteiger partial charge in [-0.2, -0.15) is 0 Å². The lowest BCUT2D eigenvalue weighted by atomic mass is 10.1. The Hall–Kier alpha value is -1.60. The fraction of sp³-hybridized carbons (Fsp3) is 0.588. The van der Waals surface area contributed by atoms with E-state index in [1.54, 1.807) is 20.8 Å². The predicted octanol–water partition coefficient (Wildman–Crippen LogP) is 1.62. The summed E-state index contributed by atoms with van der Waals surface area (Å²) in [6.07, 6.45) is -1.12. The molecule has 2 atom stereocenters. The zero-order valence-corrected chi connectivity index (χ0v) is 15.1. The van der Waals surface area contributed by atoms with Crippen molar-refractivity contribution >= 4 is 15.9 Å². The number of ether oxygens (including phenoxy) is 1. The summed E-state index contributed by atoms with van der Waals surface area (Å²) in [5.74, 6) is -0.551. The van der Waals surface area contributed by atoms with Gasteiger partial charge in [-0.1, -0.05) is 30.3 Å². The highest BCUT2D eigenvalue weighted by Gasteiger charge is 2.42. The first-order valence-corrected chi connectivity index (χ1v) is 9.81. The van der Waals surface area contributed by atoms with Crippen LogP contribution in [0.3, 0.4) is 0 Å². The molecule has 1 aromatic carbocycles. The Labute approximate surface area is 143 Å². The normalized spacial score (nSPS) is 23.0. The van der Waals surface area contributed by atoms with Gasteiger partial charge in [-0.05, 0) is 32.8 Å². The number of aliphatic hydroxyl groups is 1. The third-order valence-corrected chi connectivity index (χ3v) is 5.50. The molecule has 0 aliphatic carbocycles. The summed E-state index contributed by atoms with van der Waals surface area (Å²) in [5, 5.41) is 10.1. The average molecular weight is 355 g/mol. The van der Waals surface area contributed by atoms with Crippen molar-refractivity contribution in [3.63, 3.8) is 0 Å². The van der Waals surface area contributed by atoms with Crippen LogP contribution in [0.15, 0.2) is 30.3 Å². The number of carbonyl (C=O) groups is 1. The summed E-state index contributed by atoms with van der Waals surface area (Å²) in [7, 11) is -3.35. The summed E-state index contributed by atoms with van der Waals surface area (Å²) in [5.41, 5.74) is 0.339. The van der Waals surface area contributed by atoms with Crippen LogP contribution < -0.4 is 0 Å². The van der Waals surface area contributed by atoms with Crippen molar-refractivity contribution in [2.24, 2.45) is 0 Å². The van der Waals surface area contributed by atoms with Gasteiger partial charge in [-0.15, -0.1) is 0 Å². The fourth-order valence-electron chi connectivity index (χ4n) is 2.72. The molecule has 1 amide bonds. The second-order valence-corrected chi connectivity index (χ2v) is 9.27. The molecule has 0 unspecified atom stereocenters. The standard InChI is InChI=1S/C17H25NO5S/c1-17(2,3)23-16(20)18(10-9-13-7-5-4-6-8-13)14-11-24(21,22)12-15(14)19/h4-8,14-15,19H,9-12H2,1-3H3/t14-,15-/m1/s1. The molecule has 0 aromatic heterocycles. The lowest BCUT2D eigenvalue weighted by Crippen LogP contribution is -2.49. The summed E-state index contributed by atoms with van der Waals surface area (Å²) < 4.78 is 29.0. The number of benzene rings is 1. The highest BCUT2D eigenvalue weighted by Crippen LogP contribution is 2.21. The Balaban J connectivity index is 2.16. The van der Waals surface area contributed by atoms with Crippen LogP contribution in [0.2, 0.25) is 0 Å². The second kappa shape index (κ2) is 7.11. The summed E-state index contributed by atoms with van der Waals surface area (Å²) in [6, 6.07) is 8.82. The van der Waals surface area contributed by atoms with Crippen molar-refractivity contribution in [2.75, 3.05) is 18.1 Å². The lowest BCUT2D eigenvalue weighted by molar-refractivity contribution is 0.00423. The van der Waals surface area contributed by atoms with Crippen molar-refractivity contribution < 1.29 is 23.1 Å². The van der Waals surface area contributed by atoms with Crippen molar-refractivity contribution in [1.82, 2.24) is 4.90 Å². The van der Waals surface area contributed by atoms with E-state index in [2.05, 4.69) is 0 Å². The minimum Gasteiger partial charge on any atom is -0.444 e. The molecule has 1 aromatic rings. The molecule has 1 fully saturated rings. The van der Waals surface area contributed by atoms with E-state index in [9.17, 15) is 18.3 Å². The van der Waals surface area contributed by atoms with E-state index >= 15 is 0 Å². The van der Waals surface area contributed by atoms with Crippen LogP contribution in [0.1, 0.15) is 26.3 Å². The first kappa shape index (κ1) is 18.7. The minimum atomic E-state index is -3.35. The Morgan fingerprint density at radius 2 is 1.88 bits per heavy atom. The van der Waals surface area contributed by atoms with Crippen LogP contribution in [0.25, 0.3) is 0 Å². The molecule has 7 heteroatoms. The first-order chi connectivity index (χ1) is 11.1. The van der Waals surface area contributed by atoms with E-state index in [4.69, 9.17) is 4.74 Å². The maximum Gasteiger partial charge on any atom is 0.410 e. The topological polar surface area (TPSA) is 83.9 Å². The highest BCUT2D eigenvalue weighted by molar-refractivity contribution is 7.91. The molecule has 0 radical (unpaired) electrons. The van der Waals surface area contributed by atoms with Crippen LogP contribution in [0, 0.1) is 0 Å². The molecule has 1 heterocycles. The molecule has 0 saturated carbocycles. The van der Waals surface area contributed by atoms with E-state index in [-0.39, 0.29) is 18.1 Å². The van der Waals surface area contributed by atoms with Crippen LogP contribution in [-0.4, -0.2) is 60.3 Å². The molecule has 0 bridgehead atoms. The largest absolute Gasteiger partial charge is 0.444 e. The molecule has 1 aliphatic heterocycles. The summed E-state index contributed by atoms with van der Waals surface area (Å²) >= 11 is 0. The van der Waals surface area contributed by atoms with Crippen LogP contribution in [0.4, 0.5) is 4.79 Å². The Morgan fingerprint density at radius 3 is 2.38 bits per heavy atom. The van der Waals surface area contributed by atoms with Crippen molar-refractivity contribution in [2.45, 2.75) is 44.9 Å². The average Bonchev–Trinajstić information content (AvgIpc) is 2.71. The molecular formula is C17H25NO5S. The number of sulfone groups is 1. The molecular weight excluding hydrogens is 330 g/mol. The van der Waals surface area contributed by atoms with Crippen LogP contribution in [-0.2, 0) is 21.0 Å². The first-order valence-electron chi connectivity index (χ1n) is 7.99. The quantitative estimate of drug-likeness (QED) is 0.887. The number of aliphatic hydroxyl groups excluding tert-OH is 1. The van der Waals surface area contributed by atoms with E-state index in [1.165, 1.54) is 4.90 Å². The number of amides is 1. The summed E-state index contributed by atoms with van der Waals surface area (Å²) in [4.78, 5) is 13.9. The second-order valence-electron chi connectivity index (χ2n) is 7.12. The number of rotatable bonds is 4. The van der Waals surface area contributed by atoms with Gasteiger partial charge in [0.05, 0.1) is 23.7 Å². The minimum absolute atomic E-state index is 0.234. The fourth-order valence-corrected chi connectivity index (χ4v) is 4.52. The van der Waals surface area contributed by atoms with Crippen molar-refractivity contribution in [3.05, 3.63) is 35.9 Å². The van der Waals surface area contributed by atoms with E-state index in [1.807, 2.05) is 30.3 Å². The molecule has 6 nitrogen and oxygen atoms in total. The molecule has 2 rings (SSSR count). The van der Waals surface area contributed by atoms with Crippen LogP contribution in [0.5, 0.6) is 0 Å². The Morgan fingerprint density at radius 1 is 1.25 bits per heavy atom. The van der Waals surface area contributed by atoms with Gasteiger partial charge in [-0.25, -0.2) is 13.2 Å². The maximum absolute atomic E-state index is 12.5. The van der Waals surface area contributed by atoms with Gasteiger partial charge in [-0.3, -0.25) is 0 Å². The smallest absolute Gasteiger partial charge is 0.410 e. The van der Waals surface area contributed by atoms with Gasteiger partial charge in [0.25, 0.3) is 0 Å². The Bertz CT molecular complexity index is 666. The predicted molar refractivity (Wildman–Crippen MR) is 91.5 cm³/mol. The van der Waals surface area contributed by atoms with Gasteiger partial charge in [0.1, 0.15) is 5.60 Å². The Kier molecular flexibility index (Phi) is 5.55. The molecule has 1 aliphatic rings. The highest BCUT2D eigenvalue weighted by atomic mass is 32.2. The summed E-state index contributed by atoms with van der Waals surface area (Å²) in [6.45, 7) is 5.54. The van der Waals surface area contributed by atoms with Gasteiger partial charge in [0.15, 0.2) is 9.84 Å². The number of hydrogen-bond acceptors (Lipinski definition) is 5. The van der Waals surface area contributed by atoms with Gasteiger partial charge in [0, 0.05) is 6.54 Å². The molecule has 134 valence electrons. The van der Waals surface area contributed by atoms with E-state index < -0.39 is 33.7 Å². The van der Waals surface area contributed by atoms with Gasteiger partial charge < -0.3 is 14.7 Å². The van der Waals surface area contributed by atoms with Gasteiger partial charge >= 0.3 is 6.09 Å². The molecule has 1 N–H and O–H groups in total. The van der Waals surface area contributed by atoms with E-state index in [0.29, 0.717) is 6.42 Å². The molecule has 1 saturated heterocycles. The third-order valence-electron chi connectivity index (χ3n) is 3.81. The number of nitrogens with zero attached hydrogens (tertiary/aromatic N) is 1. The van der Waals surface area contributed by atoms with Crippen LogP contribution >= 0.6 is 0 Å². The van der Waals surface area contributed by atoms with Crippen molar-refractivity contribution in [1.29, 1.82) is 0 Å². The van der Waals surface area contributed by atoms with Crippen molar-refractivity contribution in [3.8, 4) is 0 Å². The molecule has 24 heavy (non-hydrogen) atoms. The monoisotopic (exact) mass is 355 g/mol. The SMILES string of the molecule is CC(C)(C)OC(=O)N(CCc1ccccc1)[C@@H]1CS(=O)(=O)C[C@H]1O. The molecule has 0 spiro atoms. The van der Waals surface area contributed by atoms with E-state index in [0.717, 1.165) is 5.56 Å². The van der Waals surface area contributed by atoms with Gasteiger partial charge in [0.2, 0.25) is 0 Å². The number of hydrogen-bond donors (Lipinski definition) is 1. The zero-order chi connectivity index (χ0) is 18.0. The maximum atomic E-state index is 12.5. The number of carbonyl (C=O) groups excluding carboxylic acids is 1.